The lowest BCUT2D eigenvalue weighted by Crippen LogP contribution is -2.47. The Bertz CT molecular complexity index is 655. The van der Waals surface area contributed by atoms with Gasteiger partial charge in [0.25, 0.3) is 0 Å². The molecular formula is C13H16ClNO5S. The van der Waals surface area contributed by atoms with Crippen LogP contribution < -0.4 is 9.46 Å². The highest BCUT2D eigenvalue weighted by atomic mass is 35.5. The number of nitrogens with one attached hydrogen (secondary N) is 1. The van der Waals surface area contributed by atoms with Crippen molar-refractivity contribution in [3.63, 3.8) is 0 Å². The molecule has 1 saturated carbocycles. The topological polar surface area (TPSA) is 92.7 Å². The average Bonchev–Trinajstić information content (AvgIpc) is 2.36. The van der Waals surface area contributed by atoms with E-state index in [-0.39, 0.29) is 16.5 Å². The number of rotatable bonds is 6. The SMILES string of the molecule is COc1ccc(S(=O)(=O)NCC2(C(=O)O)CCC2)cc1Cl. The van der Waals surface area contributed by atoms with E-state index in [0.717, 1.165) is 6.42 Å². The van der Waals surface area contributed by atoms with Gasteiger partial charge in [-0.3, -0.25) is 4.79 Å². The van der Waals surface area contributed by atoms with E-state index in [0.29, 0.717) is 18.6 Å². The summed E-state index contributed by atoms with van der Waals surface area (Å²) in [4.78, 5) is 11.2. The summed E-state index contributed by atoms with van der Waals surface area (Å²) in [6, 6.07) is 4.09. The Hall–Kier alpha value is -1.31. The molecule has 2 N–H and O–H groups in total. The Kier molecular flexibility index (Phi) is 4.46. The summed E-state index contributed by atoms with van der Waals surface area (Å²) in [6.07, 6.45) is 1.75. The van der Waals surface area contributed by atoms with Crippen molar-refractivity contribution in [3.8, 4) is 5.75 Å². The molecule has 21 heavy (non-hydrogen) atoms. The number of sulfonamides is 1. The summed E-state index contributed by atoms with van der Waals surface area (Å²) < 4.78 is 31.7. The minimum Gasteiger partial charge on any atom is -0.495 e. The van der Waals surface area contributed by atoms with Crippen LogP contribution in [0.25, 0.3) is 0 Å². The van der Waals surface area contributed by atoms with Crippen molar-refractivity contribution in [1.29, 1.82) is 0 Å². The Morgan fingerprint density at radius 3 is 2.57 bits per heavy atom. The van der Waals surface area contributed by atoms with Crippen LogP contribution >= 0.6 is 11.6 Å². The molecule has 0 aromatic heterocycles. The number of carboxylic acid groups (broad SMARTS) is 1. The third-order valence-electron chi connectivity index (χ3n) is 3.80. The van der Waals surface area contributed by atoms with E-state index in [1.165, 1.54) is 25.3 Å². The second-order valence-electron chi connectivity index (χ2n) is 5.06. The molecule has 1 aromatic carbocycles. The molecule has 116 valence electrons. The highest BCUT2D eigenvalue weighted by Gasteiger charge is 2.45. The van der Waals surface area contributed by atoms with Gasteiger partial charge >= 0.3 is 5.97 Å². The van der Waals surface area contributed by atoms with E-state index in [4.69, 9.17) is 16.3 Å². The van der Waals surface area contributed by atoms with Crippen LogP contribution in [0.2, 0.25) is 5.02 Å². The third-order valence-corrected chi connectivity index (χ3v) is 5.49. The molecule has 1 aromatic rings. The van der Waals surface area contributed by atoms with Crippen LogP contribution in [-0.4, -0.2) is 33.1 Å². The van der Waals surface area contributed by atoms with Gasteiger partial charge in [-0.1, -0.05) is 18.0 Å². The van der Waals surface area contributed by atoms with E-state index in [1.54, 1.807) is 0 Å². The van der Waals surface area contributed by atoms with Crippen LogP contribution in [-0.2, 0) is 14.8 Å². The van der Waals surface area contributed by atoms with E-state index < -0.39 is 21.4 Å². The number of aliphatic carboxylic acids is 1. The number of ether oxygens (including phenoxy) is 1. The maximum Gasteiger partial charge on any atom is 0.310 e. The quantitative estimate of drug-likeness (QED) is 0.829. The fourth-order valence-electron chi connectivity index (χ4n) is 2.20. The van der Waals surface area contributed by atoms with Crippen LogP contribution in [0.4, 0.5) is 0 Å². The number of hydrogen-bond donors (Lipinski definition) is 2. The average molecular weight is 334 g/mol. The lowest BCUT2D eigenvalue weighted by Gasteiger charge is -2.37. The second kappa shape index (κ2) is 5.82. The highest BCUT2D eigenvalue weighted by molar-refractivity contribution is 7.89. The second-order valence-corrected chi connectivity index (χ2v) is 7.23. The van der Waals surface area contributed by atoms with Gasteiger partial charge in [0.2, 0.25) is 10.0 Å². The minimum absolute atomic E-state index is 0.0202. The molecule has 0 unspecified atom stereocenters. The van der Waals surface area contributed by atoms with Crippen LogP contribution in [0, 0.1) is 5.41 Å². The van der Waals surface area contributed by atoms with Crippen molar-refractivity contribution < 1.29 is 23.1 Å². The molecule has 0 radical (unpaired) electrons. The van der Waals surface area contributed by atoms with Crippen molar-refractivity contribution in [3.05, 3.63) is 23.2 Å². The van der Waals surface area contributed by atoms with Gasteiger partial charge in [-0.25, -0.2) is 13.1 Å². The molecule has 0 atom stereocenters. The fraction of sp³-hybridized carbons (Fsp3) is 0.462. The van der Waals surface area contributed by atoms with Crippen LogP contribution in [0.5, 0.6) is 5.75 Å². The van der Waals surface area contributed by atoms with E-state index >= 15 is 0 Å². The van der Waals surface area contributed by atoms with Crippen molar-refractivity contribution in [1.82, 2.24) is 4.72 Å². The van der Waals surface area contributed by atoms with Gasteiger partial charge in [-0.2, -0.15) is 0 Å². The van der Waals surface area contributed by atoms with Crippen molar-refractivity contribution in [2.45, 2.75) is 24.2 Å². The maximum atomic E-state index is 12.2. The lowest BCUT2D eigenvalue weighted by molar-refractivity contribution is -0.153. The standard InChI is InChI=1S/C13H16ClNO5S/c1-20-11-4-3-9(7-10(11)14)21(18,19)15-8-13(12(16)17)5-2-6-13/h3-4,7,15H,2,5-6,8H2,1H3,(H,16,17). The predicted octanol–water partition coefficient (Wildman–Crippen LogP) is 1.88. The monoisotopic (exact) mass is 333 g/mol. The number of methoxy groups -OCH3 is 1. The first-order valence-corrected chi connectivity index (χ1v) is 8.23. The molecule has 0 aliphatic heterocycles. The van der Waals surface area contributed by atoms with E-state index in [2.05, 4.69) is 4.72 Å². The first-order valence-electron chi connectivity index (χ1n) is 6.37. The molecule has 6 nitrogen and oxygen atoms in total. The van der Waals surface area contributed by atoms with E-state index in [9.17, 15) is 18.3 Å². The molecule has 0 heterocycles. The number of benzene rings is 1. The molecular weight excluding hydrogens is 318 g/mol. The van der Waals surface area contributed by atoms with Crippen LogP contribution in [0.3, 0.4) is 0 Å². The molecule has 1 aliphatic carbocycles. The zero-order chi connectivity index (χ0) is 15.7. The van der Waals surface area contributed by atoms with Gasteiger partial charge in [-0.05, 0) is 31.0 Å². The summed E-state index contributed by atoms with van der Waals surface area (Å²) in [5.41, 5.74) is -0.983. The number of carbonyl (C=O) groups is 1. The lowest BCUT2D eigenvalue weighted by atomic mass is 9.69. The number of carboxylic acids is 1. The Balaban J connectivity index is 2.15. The normalized spacial score (nSPS) is 17.0. The molecule has 1 aliphatic rings. The maximum absolute atomic E-state index is 12.2. The largest absolute Gasteiger partial charge is 0.495 e. The molecule has 1 fully saturated rings. The molecule has 0 bridgehead atoms. The molecule has 0 amide bonds. The Labute approximate surface area is 128 Å². The summed E-state index contributed by atoms with van der Waals surface area (Å²) in [5.74, 6) is -0.596. The van der Waals surface area contributed by atoms with E-state index in [1.807, 2.05) is 0 Å². The van der Waals surface area contributed by atoms with Crippen molar-refractivity contribution in [2.75, 3.05) is 13.7 Å². The number of hydrogen-bond acceptors (Lipinski definition) is 4. The molecule has 2 rings (SSSR count). The van der Waals surface area contributed by atoms with Gasteiger partial charge in [0.05, 0.1) is 22.4 Å². The molecule has 0 spiro atoms. The van der Waals surface area contributed by atoms with Crippen LogP contribution in [0.1, 0.15) is 19.3 Å². The van der Waals surface area contributed by atoms with Crippen molar-refractivity contribution in [2.24, 2.45) is 5.41 Å². The summed E-state index contributed by atoms with van der Waals surface area (Å²) in [6.45, 7) is -0.117. The van der Waals surface area contributed by atoms with Gasteiger partial charge in [0, 0.05) is 6.54 Å². The zero-order valence-electron chi connectivity index (χ0n) is 11.4. The zero-order valence-corrected chi connectivity index (χ0v) is 13.0. The summed E-state index contributed by atoms with van der Waals surface area (Å²) in [7, 11) is -2.37. The first-order chi connectivity index (χ1) is 9.81. The third kappa shape index (κ3) is 3.14. The van der Waals surface area contributed by atoms with Crippen LogP contribution in [0.15, 0.2) is 23.1 Å². The van der Waals surface area contributed by atoms with Gasteiger partial charge in [0.15, 0.2) is 0 Å². The summed E-state index contributed by atoms with van der Waals surface area (Å²) >= 11 is 5.90. The van der Waals surface area contributed by atoms with Crippen molar-refractivity contribution >= 4 is 27.6 Å². The number of halogens is 1. The smallest absolute Gasteiger partial charge is 0.310 e. The van der Waals surface area contributed by atoms with Gasteiger partial charge in [-0.15, -0.1) is 0 Å². The highest BCUT2D eigenvalue weighted by Crippen LogP contribution is 2.40. The van der Waals surface area contributed by atoms with Gasteiger partial charge in [0.1, 0.15) is 5.75 Å². The predicted molar refractivity (Wildman–Crippen MR) is 77.1 cm³/mol. The minimum atomic E-state index is -3.80. The Morgan fingerprint density at radius 2 is 2.14 bits per heavy atom. The molecule has 8 heteroatoms. The summed E-state index contributed by atoms with van der Waals surface area (Å²) in [5, 5.41) is 9.37. The Morgan fingerprint density at radius 1 is 1.48 bits per heavy atom. The first kappa shape index (κ1) is 16.1. The molecule has 0 saturated heterocycles. The van der Waals surface area contributed by atoms with Gasteiger partial charge < -0.3 is 9.84 Å². The fourth-order valence-corrected chi connectivity index (χ4v) is 3.68.